The SMILES string of the molecule is CC(C)NC(=S)N1CCN(c2ncc(C(F)(F)F)cc2Cl)CC1. The summed E-state index contributed by atoms with van der Waals surface area (Å²) in [5, 5.41) is 3.87. The summed E-state index contributed by atoms with van der Waals surface area (Å²) in [5.74, 6) is 0.377. The fourth-order valence-corrected chi connectivity index (χ4v) is 2.98. The lowest BCUT2D eigenvalue weighted by Gasteiger charge is -2.37. The molecule has 0 saturated carbocycles. The zero-order valence-corrected chi connectivity index (χ0v) is 14.4. The maximum absolute atomic E-state index is 12.6. The molecule has 0 aliphatic carbocycles. The Morgan fingerprint density at radius 1 is 1.30 bits per heavy atom. The van der Waals surface area contributed by atoms with Crippen LogP contribution in [0.2, 0.25) is 5.02 Å². The molecule has 1 aromatic heterocycles. The van der Waals surface area contributed by atoms with Crippen LogP contribution in [-0.2, 0) is 6.18 Å². The molecule has 128 valence electrons. The third-order valence-electron chi connectivity index (χ3n) is 3.43. The summed E-state index contributed by atoms with van der Waals surface area (Å²) in [6, 6.07) is 1.17. The van der Waals surface area contributed by atoms with E-state index in [1.54, 1.807) is 0 Å². The largest absolute Gasteiger partial charge is 0.417 e. The molecule has 0 aromatic carbocycles. The number of pyridine rings is 1. The van der Waals surface area contributed by atoms with Gasteiger partial charge >= 0.3 is 6.18 Å². The summed E-state index contributed by atoms with van der Waals surface area (Å²) in [6.45, 7) is 6.54. The van der Waals surface area contributed by atoms with Crippen molar-refractivity contribution in [3.05, 3.63) is 22.8 Å². The van der Waals surface area contributed by atoms with Gasteiger partial charge in [0, 0.05) is 38.4 Å². The van der Waals surface area contributed by atoms with Gasteiger partial charge in [-0.15, -0.1) is 0 Å². The summed E-state index contributed by atoms with van der Waals surface area (Å²) < 4.78 is 37.9. The van der Waals surface area contributed by atoms with Gasteiger partial charge in [-0.3, -0.25) is 0 Å². The van der Waals surface area contributed by atoms with E-state index in [0.29, 0.717) is 37.1 Å². The Kier molecular flexibility index (Phi) is 5.57. The average molecular weight is 367 g/mol. The first kappa shape index (κ1) is 18.1. The lowest BCUT2D eigenvalue weighted by atomic mass is 10.2. The number of hydrogen-bond donors (Lipinski definition) is 1. The van der Waals surface area contributed by atoms with Crippen molar-refractivity contribution in [2.45, 2.75) is 26.1 Å². The number of thiocarbonyl (C=S) groups is 1. The Labute approximate surface area is 143 Å². The van der Waals surface area contributed by atoms with Crippen LogP contribution in [-0.4, -0.2) is 47.2 Å². The molecule has 0 bridgehead atoms. The molecule has 23 heavy (non-hydrogen) atoms. The van der Waals surface area contributed by atoms with E-state index in [0.717, 1.165) is 12.3 Å². The molecule has 0 unspecified atom stereocenters. The van der Waals surface area contributed by atoms with Crippen LogP contribution in [0.5, 0.6) is 0 Å². The summed E-state index contributed by atoms with van der Waals surface area (Å²) in [4.78, 5) is 7.80. The number of anilines is 1. The van der Waals surface area contributed by atoms with E-state index in [2.05, 4.69) is 10.3 Å². The summed E-state index contributed by atoms with van der Waals surface area (Å²) in [6.07, 6.45) is -3.62. The summed E-state index contributed by atoms with van der Waals surface area (Å²) >= 11 is 11.3. The predicted molar refractivity (Wildman–Crippen MR) is 88.9 cm³/mol. The Morgan fingerprint density at radius 2 is 1.91 bits per heavy atom. The van der Waals surface area contributed by atoms with Crippen LogP contribution in [0.15, 0.2) is 12.3 Å². The van der Waals surface area contributed by atoms with Crippen LogP contribution >= 0.6 is 23.8 Å². The maximum atomic E-state index is 12.6. The molecule has 0 atom stereocenters. The number of rotatable bonds is 2. The summed E-state index contributed by atoms with van der Waals surface area (Å²) in [5.41, 5.74) is -0.841. The summed E-state index contributed by atoms with van der Waals surface area (Å²) in [7, 11) is 0. The molecule has 2 rings (SSSR count). The van der Waals surface area contributed by atoms with E-state index in [9.17, 15) is 13.2 Å². The second-order valence-electron chi connectivity index (χ2n) is 5.61. The second-order valence-corrected chi connectivity index (χ2v) is 6.40. The van der Waals surface area contributed by atoms with Gasteiger partial charge in [-0.25, -0.2) is 4.98 Å². The lowest BCUT2D eigenvalue weighted by molar-refractivity contribution is -0.137. The molecule has 1 saturated heterocycles. The number of nitrogens with zero attached hydrogens (tertiary/aromatic N) is 3. The fraction of sp³-hybridized carbons (Fsp3) is 0.571. The molecule has 1 fully saturated rings. The van der Waals surface area contributed by atoms with Crippen LogP contribution in [0.25, 0.3) is 0 Å². The number of halogens is 4. The first-order valence-corrected chi connectivity index (χ1v) is 8.00. The van der Waals surface area contributed by atoms with E-state index in [1.165, 1.54) is 0 Å². The smallest absolute Gasteiger partial charge is 0.360 e. The van der Waals surface area contributed by atoms with Gasteiger partial charge in [0.25, 0.3) is 0 Å². The molecular weight excluding hydrogens is 349 g/mol. The molecular formula is C14H18ClF3N4S. The van der Waals surface area contributed by atoms with E-state index < -0.39 is 11.7 Å². The van der Waals surface area contributed by atoms with Crippen LogP contribution in [0.3, 0.4) is 0 Å². The van der Waals surface area contributed by atoms with Gasteiger partial charge in [0.2, 0.25) is 0 Å². The van der Waals surface area contributed by atoms with E-state index >= 15 is 0 Å². The average Bonchev–Trinajstić information content (AvgIpc) is 2.45. The van der Waals surface area contributed by atoms with Crippen molar-refractivity contribution >= 4 is 34.7 Å². The highest BCUT2D eigenvalue weighted by Gasteiger charge is 2.32. The molecule has 0 radical (unpaired) electrons. The molecule has 1 N–H and O–H groups in total. The van der Waals surface area contributed by atoms with Gasteiger partial charge in [-0.05, 0) is 32.1 Å². The maximum Gasteiger partial charge on any atom is 0.417 e. The van der Waals surface area contributed by atoms with Gasteiger partial charge < -0.3 is 15.1 Å². The van der Waals surface area contributed by atoms with Crippen molar-refractivity contribution in [3.63, 3.8) is 0 Å². The first-order valence-electron chi connectivity index (χ1n) is 7.21. The Hall–Kier alpha value is -1.28. The van der Waals surface area contributed by atoms with Gasteiger partial charge in [0.05, 0.1) is 10.6 Å². The molecule has 9 heteroatoms. The molecule has 1 aromatic rings. The molecule has 1 aliphatic heterocycles. The quantitative estimate of drug-likeness (QED) is 0.813. The molecule has 4 nitrogen and oxygen atoms in total. The highest BCUT2D eigenvalue weighted by molar-refractivity contribution is 7.80. The third-order valence-corrected chi connectivity index (χ3v) is 4.08. The Bertz CT molecular complexity index is 572. The monoisotopic (exact) mass is 366 g/mol. The van der Waals surface area contributed by atoms with E-state index in [1.807, 2.05) is 23.6 Å². The normalized spacial score (nSPS) is 16.0. The van der Waals surface area contributed by atoms with Crippen LogP contribution in [0, 0.1) is 0 Å². The van der Waals surface area contributed by atoms with Crippen molar-refractivity contribution in [1.82, 2.24) is 15.2 Å². The third kappa shape index (κ3) is 4.60. The molecule has 0 spiro atoms. The number of alkyl halides is 3. The molecule has 1 aliphatic rings. The predicted octanol–water partition coefficient (Wildman–Crippen LogP) is 3.16. The lowest BCUT2D eigenvalue weighted by Crippen LogP contribution is -2.53. The van der Waals surface area contributed by atoms with Gasteiger partial charge in [-0.2, -0.15) is 13.2 Å². The zero-order valence-electron chi connectivity index (χ0n) is 12.8. The minimum absolute atomic E-state index is 0.0103. The number of piperazine rings is 1. The molecule has 2 heterocycles. The van der Waals surface area contributed by atoms with Crippen molar-refractivity contribution in [2.24, 2.45) is 0 Å². The van der Waals surface area contributed by atoms with Crippen LogP contribution in [0.1, 0.15) is 19.4 Å². The topological polar surface area (TPSA) is 31.4 Å². The van der Waals surface area contributed by atoms with Crippen molar-refractivity contribution in [2.75, 3.05) is 31.1 Å². The van der Waals surface area contributed by atoms with Gasteiger partial charge in [0.15, 0.2) is 5.11 Å². The Morgan fingerprint density at radius 3 is 2.39 bits per heavy atom. The number of nitrogens with one attached hydrogen (secondary N) is 1. The second kappa shape index (κ2) is 7.09. The van der Waals surface area contributed by atoms with Gasteiger partial charge in [0.1, 0.15) is 5.82 Å². The van der Waals surface area contributed by atoms with Gasteiger partial charge in [-0.1, -0.05) is 11.6 Å². The van der Waals surface area contributed by atoms with Crippen molar-refractivity contribution < 1.29 is 13.2 Å². The zero-order chi connectivity index (χ0) is 17.2. The van der Waals surface area contributed by atoms with Crippen LogP contribution in [0.4, 0.5) is 19.0 Å². The highest BCUT2D eigenvalue weighted by atomic mass is 35.5. The number of hydrogen-bond acceptors (Lipinski definition) is 3. The fourth-order valence-electron chi connectivity index (χ4n) is 2.28. The minimum Gasteiger partial charge on any atom is -0.360 e. The van der Waals surface area contributed by atoms with Crippen LogP contribution < -0.4 is 10.2 Å². The first-order chi connectivity index (χ1) is 10.7. The number of aromatic nitrogens is 1. The minimum atomic E-state index is -4.44. The van der Waals surface area contributed by atoms with Crippen molar-refractivity contribution in [1.29, 1.82) is 0 Å². The molecule has 0 amide bonds. The standard InChI is InChI=1S/C14H18ClF3N4S/c1-9(2)20-13(23)22-5-3-21(4-6-22)12-11(15)7-10(8-19-12)14(16,17)18/h7-9H,3-6H2,1-2H3,(H,20,23). The van der Waals surface area contributed by atoms with Crippen molar-refractivity contribution in [3.8, 4) is 0 Å². The highest BCUT2D eigenvalue weighted by Crippen LogP contribution is 2.33. The van der Waals surface area contributed by atoms with E-state index in [4.69, 9.17) is 23.8 Å². The van der Waals surface area contributed by atoms with E-state index in [-0.39, 0.29) is 11.1 Å². The Balaban J connectivity index is 2.02.